The first-order chi connectivity index (χ1) is 10.6. The average molecular weight is 343 g/mol. The highest BCUT2D eigenvalue weighted by molar-refractivity contribution is 7.90. The Bertz CT molecular complexity index is 703. The summed E-state index contributed by atoms with van der Waals surface area (Å²) in [6, 6.07) is 3.11. The highest BCUT2D eigenvalue weighted by Gasteiger charge is 2.28. The quantitative estimate of drug-likeness (QED) is 0.565. The van der Waals surface area contributed by atoms with Gasteiger partial charge in [-0.2, -0.15) is 0 Å². The molecule has 23 heavy (non-hydrogen) atoms. The minimum atomic E-state index is -3.68. The zero-order valence-corrected chi connectivity index (χ0v) is 14.1. The number of amides is 1. The standard InChI is InChI=1S/C14H21N3O5S/c1-4-14(5-2,9-15)16-13(18)10-6-11(17(19)20)8-12(7-10)23(3,21)22/h6-8H,4-5,9,15H2,1-3H3,(H,16,18). The summed E-state index contributed by atoms with van der Waals surface area (Å²) in [5.74, 6) is -0.590. The molecule has 0 fully saturated rings. The smallest absolute Gasteiger partial charge is 0.271 e. The van der Waals surface area contributed by atoms with E-state index in [2.05, 4.69) is 5.32 Å². The Hall–Kier alpha value is -2.00. The van der Waals surface area contributed by atoms with Gasteiger partial charge in [-0.05, 0) is 18.9 Å². The second-order valence-corrected chi connectivity index (χ2v) is 7.41. The number of non-ortho nitro benzene ring substituents is 1. The van der Waals surface area contributed by atoms with Gasteiger partial charge in [0, 0.05) is 30.5 Å². The zero-order chi connectivity index (χ0) is 17.8. The predicted molar refractivity (Wildman–Crippen MR) is 86.0 cm³/mol. The molecule has 0 aliphatic heterocycles. The van der Waals surface area contributed by atoms with Crippen LogP contribution in [-0.2, 0) is 9.84 Å². The average Bonchev–Trinajstić information content (AvgIpc) is 2.51. The summed E-state index contributed by atoms with van der Waals surface area (Å²) in [4.78, 5) is 22.4. The van der Waals surface area contributed by atoms with Crippen molar-refractivity contribution in [2.75, 3.05) is 12.8 Å². The van der Waals surface area contributed by atoms with Gasteiger partial charge < -0.3 is 11.1 Å². The van der Waals surface area contributed by atoms with Crippen LogP contribution in [0.3, 0.4) is 0 Å². The molecule has 0 heterocycles. The normalized spacial score (nSPS) is 12.0. The number of nitrogens with zero attached hydrogens (tertiary/aromatic N) is 1. The van der Waals surface area contributed by atoms with E-state index in [1.807, 2.05) is 13.8 Å². The second kappa shape index (κ2) is 7.05. The van der Waals surface area contributed by atoms with Gasteiger partial charge in [-0.1, -0.05) is 13.8 Å². The number of nitrogens with two attached hydrogens (primary N) is 1. The summed E-state index contributed by atoms with van der Waals surface area (Å²) in [5, 5.41) is 13.7. The summed E-state index contributed by atoms with van der Waals surface area (Å²) in [6.45, 7) is 3.94. The van der Waals surface area contributed by atoms with Gasteiger partial charge in [0.05, 0.1) is 15.4 Å². The Balaban J connectivity index is 3.34. The van der Waals surface area contributed by atoms with E-state index < -0.39 is 31.9 Å². The molecule has 8 nitrogen and oxygen atoms in total. The van der Waals surface area contributed by atoms with Crippen LogP contribution in [0.5, 0.6) is 0 Å². The number of nitro groups is 1. The molecule has 1 amide bonds. The Labute approximate surface area is 135 Å². The van der Waals surface area contributed by atoms with Crippen molar-refractivity contribution >= 4 is 21.4 Å². The molecule has 9 heteroatoms. The number of rotatable bonds is 7. The number of nitro benzene ring substituents is 1. The van der Waals surface area contributed by atoms with Gasteiger partial charge in [-0.3, -0.25) is 14.9 Å². The maximum Gasteiger partial charge on any atom is 0.271 e. The number of benzene rings is 1. The van der Waals surface area contributed by atoms with E-state index in [4.69, 9.17) is 5.73 Å². The van der Waals surface area contributed by atoms with Crippen molar-refractivity contribution in [3.63, 3.8) is 0 Å². The first-order valence-corrected chi connectivity index (χ1v) is 9.00. The van der Waals surface area contributed by atoms with E-state index in [1.54, 1.807) is 0 Å². The van der Waals surface area contributed by atoms with Gasteiger partial charge >= 0.3 is 0 Å². The number of nitrogens with one attached hydrogen (secondary N) is 1. The van der Waals surface area contributed by atoms with Crippen LogP contribution >= 0.6 is 0 Å². The van der Waals surface area contributed by atoms with Gasteiger partial charge in [-0.15, -0.1) is 0 Å². The van der Waals surface area contributed by atoms with Crippen LogP contribution in [0.1, 0.15) is 37.0 Å². The van der Waals surface area contributed by atoms with Gasteiger partial charge in [-0.25, -0.2) is 8.42 Å². The molecule has 0 aromatic heterocycles. The third-order valence-electron chi connectivity index (χ3n) is 3.92. The lowest BCUT2D eigenvalue weighted by molar-refractivity contribution is -0.385. The first-order valence-electron chi connectivity index (χ1n) is 7.10. The number of carbonyl (C=O) groups excluding carboxylic acids is 1. The van der Waals surface area contributed by atoms with Gasteiger partial charge in [0.25, 0.3) is 11.6 Å². The van der Waals surface area contributed by atoms with Crippen LogP contribution in [0, 0.1) is 10.1 Å². The maximum atomic E-state index is 12.4. The molecule has 0 radical (unpaired) electrons. The molecule has 0 saturated heterocycles. The number of sulfone groups is 1. The fourth-order valence-electron chi connectivity index (χ4n) is 2.11. The van der Waals surface area contributed by atoms with Gasteiger partial charge in [0.1, 0.15) is 0 Å². The molecule has 0 unspecified atom stereocenters. The van der Waals surface area contributed by atoms with Crippen molar-refractivity contribution in [3.05, 3.63) is 33.9 Å². The largest absolute Gasteiger partial charge is 0.345 e. The molecule has 0 saturated carbocycles. The van der Waals surface area contributed by atoms with Crippen molar-refractivity contribution in [2.45, 2.75) is 37.1 Å². The number of carbonyl (C=O) groups is 1. The molecule has 0 atom stereocenters. The maximum absolute atomic E-state index is 12.4. The third-order valence-corrected chi connectivity index (χ3v) is 5.01. The molecule has 128 valence electrons. The van der Waals surface area contributed by atoms with E-state index >= 15 is 0 Å². The minimum absolute atomic E-state index is 0.0839. The molecule has 0 bridgehead atoms. The zero-order valence-electron chi connectivity index (χ0n) is 13.3. The van der Waals surface area contributed by atoms with E-state index in [9.17, 15) is 23.3 Å². The van der Waals surface area contributed by atoms with E-state index in [1.165, 1.54) is 0 Å². The first kappa shape index (κ1) is 19.0. The number of hydrogen-bond acceptors (Lipinski definition) is 6. The van der Waals surface area contributed by atoms with Crippen LogP contribution in [0.15, 0.2) is 23.1 Å². The minimum Gasteiger partial charge on any atom is -0.345 e. The molecular weight excluding hydrogens is 322 g/mol. The van der Waals surface area contributed by atoms with Crippen molar-refractivity contribution in [1.29, 1.82) is 0 Å². The fraction of sp³-hybridized carbons (Fsp3) is 0.500. The molecule has 0 aliphatic carbocycles. The molecular formula is C14H21N3O5S. The lowest BCUT2D eigenvalue weighted by Crippen LogP contribution is -2.52. The summed E-state index contributed by atoms with van der Waals surface area (Å²) >= 11 is 0. The summed E-state index contributed by atoms with van der Waals surface area (Å²) in [7, 11) is -3.68. The van der Waals surface area contributed by atoms with Crippen molar-refractivity contribution in [2.24, 2.45) is 5.73 Å². The monoisotopic (exact) mass is 343 g/mol. The lowest BCUT2D eigenvalue weighted by Gasteiger charge is -2.31. The van der Waals surface area contributed by atoms with E-state index in [0.717, 1.165) is 24.5 Å². The second-order valence-electron chi connectivity index (χ2n) is 5.39. The Morgan fingerprint density at radius 2 is 1.87 bits per heavy atom. The number of hydrogen-bond donors (Lipinski definition) is 2. The van der Waals surface area contributed by atoms with Crippen LogP contribution in [0.25, 0.3) is 0 Å². The van der Waals surface area contributed by atoms with Crippen LogP contribution in [0.2, 0.25) is 0 Å². The van der Waals surface area contributed by atoms with Crippen LogP contribution in [0.4, 0.5) is 5.69 Å². The summed E-state index contributed by atoms with van der Waals surface area (Å²) in [6.07, 6.45) is 2.09. The van der Waals surface area contributed by atoms with Gasteiger partial charge in [0.2, 0.25) is 0 Å². The molecule has 3 N–H and O–H groups in total. The third kappa shape index (κ3) is 4.49. The van der Waals surface area contributed by atoms with Crippen molar-refractivity contribution in [3.8, 4) is 0 Å². The van der Waals surface area contributed by atoms with Crippen LogP contribution in [-0.4, -0.2) is 37.6 Å². The van der Waals surface area contributed by atoms with E-state index in [0.29, 0.717) is 12.8 Å². The molecule has 1 rings (SSSR count). The Morgan fingerprint density at radius 1 is 1.30 bits per heavy atom. The Kier molecular flexibility index (Phi) is 5.84. The molecule has 0 aliphatic rings. The van der Waals surface area contributed by atoms with Crippen LogP contribution < -0.4 is 11.1 Å². The summed E-state index contributed by atoms with van der Waals surface area (Å²) in [5.41, 5.74) is 4.54. The SMILES string of the molecule is CCC(CC)(CN)NC(=O)c1cc([N+](=O)[O-])cc(S(C)(=O)=O)c1. The van der Waals surface area contributed by atoms with Crippen molar-refractivity contribution < 1.29 is 18.1 Å². The Morgan fingerprint density at radius 3 is 2.26 bits per heavy atom. The van der Waals surface area contributed by atoms with E-state index in [-0.39, 0.29) is 17.0 Å². The topological polar surface area (TPSA) is 132 Å². The molecule has 0 spiro atoms. The highest BCUT2D eigenvalue weighted by atomic mass is 32.2. The lowest BCUT2D eigenvalue weighted by atomic mass is 9.92. The highest BCUT2D eigenvalue weighted by Crippen LogP contribution is 2.22. The van der Waals surface area contributed by atoms with Gasteiger partial charge in [0.15, 0.2) is 9.84 Å². The summed E-state index contributed by atoms with van der Waals surface area (Å²) < 4.78 is 23.3. The molecule has 1 aromatic carbocycles. The fourth-order valence-corrected chi connectivity index (χ4v) is 2.79. The molecule has 1 aromatic rings. The van der Waals surface area contributed by atoms with Crippen molar-refractivity contribution in [1.82, 2.24) is 5.32 Å². The predicted octanol–water partition coefficient (Wildman–Crippen LogP) is 1.25.